The molecule has 0 spiro atoms. The van der Waals surface area contributed by atoms with Gasteiger partial charge in [-0.2, -0.15) is 0 Å². The molecule has 354 valence electrons. The molecule has 0 aromatic carbocycles. The van der Waals surface area contributed by atoms with Crippen molar-refractivity contribution >= 4 is 33.4 Å². The van der Waals surface area contributed by atoms with E-state index in [0.29, 0.717) is 0 Å². The SMILES string of the molecule is COC(=O)[C@H](CCCCNP(=O)(OC[C@H]1O[C@@H](n2cc(C)c(=O)[nH]c2=O)C[C@@H]1OC(C)=O)OC(C)C)NP(=O)(OC[C@H]1O[C@@H](n2cc(C)c(=O)[nH]c2=O)C[C@@H]1OC(C)=O)OC(C)C. The molecule has 4 rings (SSSR count). The highest BCUT2D eigenvalue weighted by Crippen LogP contribution is 2.48. The number of rotatable bonds is 23. The highest BCUT2D eigenvalue weighted by atomic mass is 31.2. The topological polar surface area (TPSA) is 302 Å². The smallest absolute Gasteiger partial charge is 0.406 e. The Hall–Kier alpha value is -4.09. The molecule has 63 heavy (non-hydrogen) atoms. The van der Waals surface area contributed by atoms with Gasteiger partial charge in [-0.3, -0.25) is 61.2 Å². The van der Waals surface area contributed by atoms with Gasteiger partial charge in [-0.1, -0.05) is 6.42 Å². The number of ether oxygens (including phenoxy) is 5. The Balaban J connectivity index is 1.39. The van der Waals surface area contributed by atoms with Crippen LogP contribution in [-0.2, 0) is 65.3 Å². The summed E-state index contributed by atoms with van der Waals surface area (Å²) in [7, 11) is -7.28. The van der Waals surface area contributed by atoms with Crippen molar-refractivity contribution in [3.05, 3.63) is 65.2 Å². The number of aromatic nitrogens is 4. The zero-order valence-corrected chi connectivity index (χ0v) is 38.4. The van der Waals surface area contributed by atoms with Gasteiger partial charge in [0.25, 0.3) is 11.1 Å². The first kappa shape index (κ1) is 51.5. The molecule has 2 fully saturated rings. The number of esters is 3. The number of methoxy groups -OCH3 is 1. The zero-order chi connectivity index (χ0) is 46.8. The first-order valence-electron chi connectivity index (χ1n) is 20.3. The molecule has 2 aliphatic rings. The average molecular weight is 937 g/mol. The van der Waals surface area contributed by atoms with Crippen molar-refractivity contribution in [3.63, 3.8) is 0 Å². The second-order valence-corrected chi connectivity index (χ2v) is 19.0. The van der Waals surface area contributed by atoms with E-state index in [2.05, 4.69) is 20.1 Å². The van der Waals surface area contributed by atoms with Crippen LogP contribution in [0.25, 0.3) is 0 Å². The van der Waals surface area contributed by atoms with Gasteiger partial charge in [-0.25, -0.2) is 28.9 Å². The third-order valence-corrected chi connectivity index (χ3v) is 13.1. The van der Waals surface area contributed by atoms with Crippen molar-refractivity contribution in [1.29, 1.82) is 0 Å². The lowest BCUT2D eigenvalue weighted by molar-refractivity contribution is -0.151. The second kappa shape index (κ2) is 22.7. The number of hydrogen-bond donors (Lipinski definition) is 4. The first-order chi connectivity index (χ1) is 29.5. The van der Waals surface area contributed by atoms with Gasteiger partial charge in [0.1, 0.15) is 42.9 Å². The number of carbonyl (C=O) groups is 3. The lowest BCUT2D eigenvalue weighted by Crippen LogP contribution is -2.38. The van der Waals surface area contributed by atoms with E-state index in [1.54, 1.807) is 27.7 Å². The Bertz CT molecular complexity index is 2260. The maximum atomic E-state index is 14.2. The number of unbranched alkanes of at least 4 members (excludes halogenated alkanes) is 1. The molecule has 4 heterocycles. The molecule has 0 radical (unpaired) electrons. The molecular formula is C37H58N6O18P2. The fourth-order valence-electron chi connectivity index (χ4n) is 6.68. The number of H-pyrrole nitrogens is 2. The van der Waals surface area contributed by atoms with Crippen molar-refractivity contribution in [2.45, 2.75) is 143 Å². The first-order valence-corrected chi connectivity index (χ1v) is 23.4. The largest absolute Gasteiger partial charge is 0.468 e. The number of aromatic amines is 2. The monoisotopic (exact) mass is 936 g/mol. The summed E-state index contributed by atoms with van der Waals surface area (Å²) >= 11 is 0. The molecule has 0 aliphatic carbocycles. The second-order valence-electron chi connectivity index (χ2n) is 15.5. The Morgan fingerprint density at radius 3 is 1.63 bits per heavy atom. The summed E-state index contributed by atoms with van der Waals surface area (Å²) in [6.07, 6.45) is -3.88. The highest BCUT2D eigenvalue weighted by Gasteiger charge is 2.43. The summed E-state index contributed by atoms with van der Waals surface area (Å²) in [6, 6.07) is -1.23. The van der Waals surface area contributed by atoms with Crippen LogP contribution < -0.4 is 32.7 Å². The predicted octanol–water partition coefficient (Wildman–Crippen LogP) is 2.13. The minimum Gasteiger partial charge on any atom is -0.468 e. The maximum Gasteiger partial charge on any atom is 0.406 e. The van der Waals surface area contributed by atoms with Crippen molar-refractivity contribution in [2.75, 3.05) is 26.9 Å². The number of aryl methyl sites for hydroxylation is 2. The van der Waals surface area contributed by atoms with Gasteiger partial charge >= 0.3 is 44.8 Å². The van der Waals surface area contributed by atoms with Gasteiger partial charge in [0.2, 0.25) is 0 Å². The summed E-state index contributed by atoms with van der Waals surface area (Å²) in [5.74, 6) is -2.07. The summed E-state index contributed by atoms with van der Waals surface area (Å²) in [4.78, 5) is 90.2. The van der Waals surface area contributed by atoms with Gasteiger partial charge < -0.3 is 23.7 Å². The van der Waals surface area contributed by atoms with Crippen LogP contribution in [0.3, 0.4) is 0 Å². The third-order valence-electron chi connectivity index (χ3n) is 9.45. The molecule has 9 atom stereocenters. The van der Waals surface area contributed by atoms with Crippen molar-refractivity contribution in [2.24, 2.45) is 0 Å². The number of nitrogens with one attached hydrogen (secondary N) is 4. The number of hydrogen-bond acceptors (Lipinski definition) is 18. The Morgan fingerprint density at radius 2 is 1.21 bits per heavy atom. The van der Waals surface area contributed by atoms with Crippen LogP contribution in [0.15, 0.2) is 31.6 Å². The van der Waals surface area contributed by atoms with E-state index in [4.69, 9.17) is 41.8 Å². The van der Waals surface area contributed by atoms with E-state index in [9.17, 15) is 42.7 Å². The standard InChI is InChI=1S/C37H58N6O18P2/c1-20(2)60-62(51,54-18-29-27(56-24(7)44)14-31(58-29)42-16-22(5)33(46)39-36(42)49)38-13-11-10-12-26(35(48)53-9)41-63(52,61-21(3)4)55-19-30-28(57-25(8)45)15-32(59-30)43-17-23(6)34(47)40-37(43)50/h16-17,20-21,26-32H,10-15,18-19H2,1-9H3,(H,38,51)(H,41,52)(H,39,46,49)(H,40,47,50)/t26-,27-,28-,29+,30+,31+,32+,62?,63?/m0/s1. The lowest BCUT2D eigenvalue weighted by Gasteiger charge is -2.27. The van der Waals surface area contributed by atoms with Crippen molar-refractivity contribution < 1.29 is 65.3 Å². The van der Waals surface area contributed by atoms with Gasteiger partial charge in [0, 0.05) is 56.8 Å². The molecular weight excluding hydrogens is 878 g/mol. The molecule has 0 amide bonds. The fraction of sp³-hybridized carbons (Fsp3) is 0.703. The Labute approximate surface area is 362 Å². The Kier molecular flexibility index (Phi) is 18.6. The van der Waals surface area contributed by atoms with Crippen LogP contribution in [0.4, 0.5) is 0 Å². The van der Waals surface area contributed by atoms with E-state index in [1.807, 2.05) is 0 Å². The van der Waals surface area contributed by atoms with E-state index < -0.39 is 118 Å². The molecule has 2 aliphatic heterocycles. The van der Waals surface area contributed by atoms with Gasteiger partial charge in [0.05, 0.1) is 32.5 Å². The third kappa shape index (κ3) is 15.0. The summed E-state index contributed by atoms with van der Waals surface area (Å²) in [6.45, 7) is 11.0. The normalized spacial score (nSPS) is 23.6. The van der Waals surface area contributed by atoms with E-state index >= 15 is 0 Å². The summed E-state index contributed by atoms with van der Waals surface area (Å²) in [5.41, 5.74) is -2.14. The molecule has 2 unspecified atom stereocenters. The van der Waals surface area contributed by atoms with Crippen LogP contribution in [0.2, 0.25) is 0 Å². The zero-order valence-electron chi connectivity index (χ0n) is 36.6. The molecule has 24 nitrogen and oxygen atoms in total. The predicted molar refractivity (Wildman–Crippen MR) is 221 cm³/mol. The maximum absolute atomic E-state index is 14.2. The van der Waals surface area contributed by atoms with Crippen LogP contribution in [0.5, 0.6) is 0 Å². The summed E-state index contributed by atoms with van der Waals surface area (Å²) < 4.78 is 81.0. The van der Waals surface area contributed by atoms with Crippen LogP contribution >= 0.6 is 15.5 Å². The van der Waals surface area contributed by atoms with Crippen LogP contribution in [0, 0.1) is 13.8 Å². The Morgan fingerprint density at radius 1 is 0.762 bits per heavy atom. The molecule has 0 saturated carbocycles. The molecule has 2 aromatic rings. The minimum absolute atomic E-state index is 0.00910. The number of nitrogens with zero attached hydrogens (tertiary/aromatic N) is 2. The van der Waals surface area contributed by atoms with Crippen molar-refractivity contribution in [3.8, 4) is 0 Å². The molecule has 2 aromatic heterocycles. The highest BCUT2D eigenvalue weighted by molar-refractivity contribution is 7.52. The summed E-state index contributed by atoms with van der Waals surface area (Å²) in [5, 5.41) is 5.43. The van der Waals surface area contributed by atoms with Gasteiger partial charge in [-0.15, -0.1) is 0 Å². The lowest BCUT2D eigenvalue weighted by atomic mass is 10.1. The van der Waals surface area contributed by atoms with E-state index in [1.165, 1.54) is 40.1 Å². The molecule has 26 heteroatoms. The van der Waals surface area contributed by atoms with E-state index in [0.717, 1.165) is 16.2 Å². The molecule has 4 N–H and O–H groups in total. The minimum atomic E-state index is -4.36. The van der Waals surface area contributed by atoms with E-state index in [-0.39, 0.29) is 56.4 Å². The van der Waals surface area contributed by atoms with Crippen molar-refractivity contribution in [1.82, 2.24) is 29.3 Å². The quantitative estimate of drug-likeness (QED) is 0.0537. The average Bonchev–Trinajstić information content (AvgIpc) is 3.77. The number of carbonyl (C=O) groups excluding carboxylic acids is 3. The van der Waals surface area contributed by atoms with Crippen LogP contribution in [-0.4, -0.2) is 107 Å². The van der Waals surface area contributed by atoms with Gasteiger partial charge in [-0.05, 0) is 54.4 Å². The fourth-order valence-corrected chi connectivity index (χ4v) is 9.95. The molecule has 0 bridgehead atoms. The molecule has 2 saturated heterocycles. The van der Waals surface area contributed by atoms with Gasteiger partial charge in [0.15, 0.2) is 0 Å². The van der Waals surface area contributed by atoms with Crippen LogP contribution in [0.1, 0.15) is 97.2 Å².